The zero-order valence-electron chi connectivity index (χ0n) is 16.5. The zero-order chi connectivity index (χ0) is 19.2. The third-order valence-electron chi connectivity index (χ3n) is 2.89. The second-order valence-corrected chi connectivity index (χ2v) is 14.9. The third-order valence-corrected chi connectivity index (χ3v) is 13.0. The average molecular weight is 517 g/mol. The maximum Gasteiger partial charge on any atom is 0 e. The van der Waals surface area contributed by atoms with Crippen molar-refractivity contribution in [2.24, 2.45) is 0 Å². The minimum Gasteiger partial charge on any atom is 0 e. The molecular formula is C17H32O6SnZn. The first-order chi connectivity index (χ1) is 11.1. The van der Waals surface area contributed by atoms with Crippen LogP contribution in [0.5, 0.6) is 0 Å². The van der Waals surface area contributed by atoms with Gasteiger partial charge in [0, 0.05) is 25.6 Å². The van der Waals surface area contributed by atoms with Crippen LogP contribution < -0.4 is 0 Å². The van der Waals surface area contributed by atoms with E-state index in [9.17, 15) is 14.4 Å². The molecule has 8 heteroatoms. The molecule has 0 aromatic rings. The van der Waals surface area contributed by atoms with Crippen LogP contribution in [0.4, 0.5) is 0 Å². The van der Waals surface area contributed by atoms with Gasteiger partial charge in [0.05, 0.1) is 5.76 Å². The molecule has 0 aliphatic carbocycles. The van der Waals surface area contributed by atoms with Gasteiger partial charge in [0.15, 0.2) is 5.78 Å². The molecule has 0 bridgehead atoms. The summed E-state index contributed by atoms with van der Waals surface area (Å²) in [5.74, 6) is -0.684. The van der Waals surface area contributed by atoms with Crippen molar-refractivity contribution >= 4 is 36.9 Å². The Bertz CT molecular complexity index is 407. The molecule has 0 aliphatic heterocycles. The number of rotatable bonds is 9. The van der Waals surface area contributed by atoms with Gasteiger partial charge in [-0.2, -0.15) is 0 Å². The van der Waals surface area contributed by atoms with E-state index in [4.69, 9.17) is 11.3 Å². The molecule has 0 heterocycles. The van der Waals surface area contributed by atoms with E-state index in [1.807, 2.05) is 0 Å². The SMILES string of the molecule is CC(=O)/C=C(/C)O.CCC[CH2][Sn]([CH2]CCC)([O]C(C)=O)[O]C(C)=O.[Zn]. The van der Waals surface area contributed by atoms with Crippen LogP contribution in [0.2, 0.25) is 8.87 Å². The molecule has 0 amide bonds. The maximum absolute atomic E-state index is 11.2. The Morgan fingerprint density at radius 3 is 1.40 bits per heavy atom. The fourth-order valence-corrected chi connectivity index (χ4v) is 12.1. The topological polar surface area (TPSA) is 89.9 Å². The largest absolute Gasteiger partial charge is 0 e. The predicted molar refractivity (Wildman–Crippen MR) is 95.8 cm³/mol. The summed E-state index contributed by atoms with van der Waals surface area (Å²) < 4.78 is 12.5. The van der Waals surface area contributed by atoms with E-state index in [1.54, 1.807) is 0 Å². The molecule has 0 aromatic heterocycles. The van der Waals surface area contributed by atoms with Gasteiger partial charge in [-0.25, -0.2) is 0 Å². The molecule has 0 rings (SSSR count). The second-order valence-electron chi connectivity index (χ2n) is 5.70. The Hall–Kier alpha value is -0.428. The van der Waals surface area contributed by atoms with Crippen molar-refractivity contribution in [1.82, 2.24) is 0 Å². The molecule has 0 unspecified atom stereocenters. The Balaban J connectivity index is -0.000000513. The van der Waals surface area contributed by atoms with Gasteiger partial charge in [-0.05, 0) is 13.8 Å². The third kappa shape index (κ3) is 19.7. The van der Waals surface area contributed by atoms with Gasteiger partial charge in [-0.1, -0.05) is 0 Å². The van der Waals surface area contributed by atoms with Crippen LogP contribution in [0.25, 0.3) is 0 Å². The normalized spacial score (nSPS) is 10.7. The van der Waals surface area contributed by atoms with Gasteiger partial charge in [0.2, 0.25) is 0 Å². The molecule has 1 N–H and O–H groups in total. The molecule has 0 fully saturated rings. The van der Waals surface area contributed by atoms with Crippen molar-refractivity contribution in [2.75, 3.05) is 0 Å². The molecule has 0 saturated heterocycles. The smallest absolute Gasteiger partial charge is 0 e. The summed E-state index contributed by atoms with van der Waals surface area (Å²) in [5, 5.41) is 8.36. The first kappa shape index (κ1) is 29.3. The van der Waals surface area contributed by atoms with Gasteiger partial charge in [0.25, 0.3) is 0 Å². The zero-order valence-corrected chi connectivity index (χ0v) is 22.3. The number of carbonyl (C=O) groups is 3. The Labute approximate surface area is 169 Å². The minimum absolute atomic E-state index is 0. The first-order valence-electron chi connectivity index (χ1n) is 8.35. The van der Waals surface area contributed by atoms with Crippen LogP contribution in [0.3, 0.4) is 0 Å². The molecule has 25 heavy (non-hydrogen) atoms. The van der Waals surface area contributed by atoms with Crippen LogP contribution in [0.15, 0.2) is 11.8 Å². The number of aliphatic hydroxyl groups is 1. The summed E-state index contributed by atoms with van der Waals surface area (Å²) in [7, 11) is 0. The number of hydrogen-bond acceptors (Lipinski definition) is 6. The summed E-state index contributed by atoms with van der Waals surface area (Å²) in [6.45, 7) is 9.80. The Morgan fingerprint density at radius 1 is 0.880 bits per heavy atom. The number of ketones is 1. The van der Waals surface area contributed by atoms with Gasteiger partial charge in [-0.15, -0.1) is 0 Å². The van der Waals surface area contributed by atoms with Crippen molar-refractivity contribution in [3.05, 3.63) is 11.8 Å². The molecular weight excluding hydrogens is 484 g/mol. The van der Waals surface area contributed by atoms with Crippen molar-refractivity contribution in [2.45, 2.75) is 76.1 Å². The summed E-state index contributed by atoms with van der Waals surface area (Å²) >= 11 is -3.49. The Kier molecular flexibility index (Phi) is 20.0. The van der Waals surface area contributed by atoms with Crippen molar-refractivity contribution in [3.63, 3.8) is 0 Å². The molecule has 0 spiro atoms. The van der Waals surface area contributed by atoms with Gasteiger partial charge < -0.3 is 5.11 Å². The molecule has 6 nitrogen and oxygen atoms in total. The first-order valence-corrected chi connectivity index (χ1v) is 14.7. The quantitative estimate of drug-likeness (QED) is 0.281. The van der Waals surface area contributed by atoms with Gasteiger partial charge >= 0.3 is 109 Å². The molecule has 0 saturated carbocycles. The number of unbranched alkanes of at least 4 members (excludes halogenated alkanes) is 2. The number of carbonyl (C=O) groups excluding carboxylic acids is 3. The minimum atomic E-state index is -3.49. The van der Waals surface area contributed by atoms with E-state index in [0.717, 1.165) is 34.6 Å². The van der Waals surface area contributed by atoms with E-state index in [2.05, 4.69) is 13.8 Å². The van der Waals surface area contributed by atoms with Crippen LogP contribution in [-0.4, -0.2) is 42.0 Å². The molecule has 0 aromatic carbocycles. The number of allylic oxidation sites excluding steroid dienone is 2. The van der Waals surface area contributed by atoms with E-state index < -0.39 is 19.2 Å². The molecule has 0 aliphatic rings. The fourth-order valence-electron chi connectivity index (χ4n) is 2.06. The van der Waals surface area contributed by atoms with E-state index in [-0.39, 0.29) is 43.0 Å². The van der Waals surface area contributed by atoms with E-state index in [0.29, 0.717) is 0 Å². The Morgan fingerprint density at radius 2 is 1.24 bits per heavy atom. The maximum atomic E-state index is 11.2. The van der Waals surface area contributed by atoms with E-state index >= 15 is 0 Å². The summed E-state index contributed by atoms with van der Waals surface area (Å²) in [4.78, 5) is 32.4. The summed E-state index contributed by atoms with van der Waals surface area (Å²) in [6, 6.07) is 0. The van der Waals surface area contributed by atoms with Gasteiger partial charge in [-0.3, -0.25) is 4.79 Å². The van der Waals surface area contributed by atoms with Crippen molar-refractivity contribution < 1.29 is 45.1 Å². The van der Waals surface area contributed by atoms with Crippen molar-refractivity contribution in [1.29, 1.82) is 0 Å². The summed E-state index contributed by atoms with van der Waals surface area (Å²) in [6.07, 6.45) is 5.13. The number of hydrogen-bond donors (Lipinski definition) is 1. The van der Waals surface area contributed by atoms with Crippen LogP contribution in [0, 0.1) is 0 Å². The van der Waals surface area contributed by atoms with Gasteiger partial charge in [0.1, 0.15) is 0 Å². The standard InChI is InChI=1S/C5H8O2.2C4H9.2C2H4O2.Sn.Zn/c1-4(6)3-5(2)7;2*1-3-4-2;2*1-2(3)4;;/h3,6H,1-2H3;2*1,3-4H2,2H3;2*1H3,(H,3,4);;/q;;;;;+2;/p-2/b4-3-;;;;;;. The van der Waals surface area contributed by atoms with E-state index in [1.165, 1.54) is 33.8 Å². The summed E-state index contributed by atoms with van der Waals surface area (Å²) in [5.41, 5.74) is 0. The average Bonchev–Trinajstić information content (AvgIpc) is 2.40. The second kappa shape index (κ2) is 17.0. The fraction of sp³-hybridized carbons (Fsp3) is 0.706. The predicted octanol–water partition coefficient (Wildman–Crippen LogP) is 4.19. The van der Waals surface area contributed by atoms with Crippen LogP contribution in [-0.2, 0) is 40.0 Å². The number of aliphatic hydroxyl groups excluding tert-OH is 1. The van der Waals surface area contributed by atoms with Crippen LogP contribution >= 0.6 is 0 Å². The van der Waals surface area contributed by atoms with Crippen molar-refractivity contribution in [3.8, 4) is 0 Å². The molecule has 0 atom stereocenters. The van der Waals surface area contributed by atoms with Crippen LogP contribution in [0.1, 0.15) is 67.2 Å². The monoisotopic (exact) mass is 516 g/mol. The molecule has 0 radical (unpaired) electrons. The molecule has 142 valence electrons.